The molecular formula is C20H23N3O3. The summed E-state index contributed by atoms with van der Waals surface area (Å²) in [7, 11) is 0. The number of anilines is 2. The molecule has 0 aromatic heterocycles. The highest BCUT2D eigenvalue weighted by molar-refractivity contribution is 5.84. The van der Waals surface area contributed by atoms with E-state index in [9.17, 15) is 9.59 Å². The molecule has 1 aliphatic heterocycles. The summed E-state index contributed by atoms with van der Waals surface area (Å²) >= 11 is 0. The van der Waals surface area contributed by atoms with Gasteiger partial charge in [0, 0.05) is 37.6 Å². The summed E-state index contributed by atoms with van der Waals surface area (Å²) in [5.74, 6) is -0.988. The van der Waals surface area contributed by atoms with E-state index >= 15 is 0 Å². The van der Waals surface area contributed by atoms with E-state index in [1.165, 1.54) is 0 Å². The average Bonchev–Trinajstić information content (AvgIpc) is 2.68. The van der Waals surface area contributed by atoms with Crippen LogP contribution >= 0.6 is 0 Å². The number of rotatable bonds is 6. The highest BCUT2D eigenvalue weighted by atomic mass is 16.4. The van der Waals surface area contributed by atoms with Gasteiger partial charge in [-0.2, -0.15) is 0 Å². The maximum atomic E-state index is 12.7. The Balaban J connectivity index is 1.59. The molecule has 0 bridgehead atoms. The van der Waals surface area contributed by atoms with Crippen LogP contribution in [-0.4, -0.2) is 61.2 Å². The maximum absolute atomic E-state index is 12.7. The van der Waals surface area contributed by atoms with Crippen LogP contribution in [-0.2, 0) is 9.59 Å². The van der Waals surface area contributed by atoms with E-state index in [-0.39, 0.29) is 19.0 Å². The predicted octanol–water partition coefficient (Wildman–Crippen LogP) is 1.93. The summed E-state index contributed by atoms with van der Waals surface area (Å²) < 4.78 is 0. The first-order chi connectivity index (χ1) is 12.6. The minimum Gasteiger partial charge on any atom is -0.480 e. The number of hydrogen-bond donors (Lipinski definition) is 1. The Hall–Kier alpha value is -3.02. The van der Waals surface area contributed by atoms with Crippen molar-refractivity contribution in [2.45, 2.75) is 0 Å². The zero-order chi connectivity index (χ0) is 18.4. The third-order valence-electron chi connectivity index (χ3n) is 4.53. The van der Waals surface area contributed by atoms with Crippen molar-refractivity contribution in [2.24, 2.45) is 0 Å². The average molecular weight is 353 g/mol. The Kier molecular flexibility index (Phi) is 5.73. The molecule has 2 aromatic carbocycles. The fourth-order valence-electron chi connectivity index (χ4n) is 3.16. The van der Waals surface area contributed by atoms with Crippen LogP contribution in [0.4, 0.5) is 11.4 Å². The van der Waals surface area contributed by atoms with Gasteiger partial charge in [-0.05, 0) is 24.3 Å². The van der Waals surface area contributed by atoms with Gasteiger partial charge in [-0.1, -0.05) is 36.4 Å². The van der Waals surface area contributed by atoms with Crippen LogP contribution in [0.1, 0.15) is 0 Å². The number of aliphatic carboxylic acids is 1. The van der Waals surface area contributed by atoms with Crippen LogP contribution in [0.2, 0.25) is 0 Å². The van der Waals surface area contributed by atoms with Gasteiger partial charge in [-0.3, -0.25) is 9.59 Å². The number of hydrogen-bond acceptors (Lipinski definition) is 4. The van der Waals surface area contributed by atoms with Crippen molar-refractivity contribution in [3.05, 3.63) is 60.7 Å². The molecule has 1 saturated heterocycles. The van der Waals surface area contributed by atoms with Crippen molar-refractivity contribution in [2.75, 3.05) is 49.1 Å². The molecule has 136 valence electrons. The summed E-state index contributed by atoms with van der Waals surface area (Å²) in [5, 5.41) is 9.16. The van der Waals surface area contributed by atoms with Crippen molar-refractivity contribution in [1.82, 2.24) is 4.90 Å². The summed E-state index contributed by atoms with van der Waals surface area (Å²) in [5.41, 5.74) is 1.91. The molecule has 6 heteroatoms. The van der Waals surface area contributed by atoms with E-state index in [1.54, 1.807) is 4.90 Å². The Morgan fingerprint density at radius 3 is 2.00 bits per heavy atom. The highest BCUT2D eigenvalue weighted by Crippen LogP contribution is 2.17. The molecule has 0 unspecified atom stereocenters. The standard InChI is InChI=1S/C20H23N3O3/c24-19(15-23(16-20(25)26)18-9-5-2-6-10-18)22-13-11-21(12-14-22)17-7-3-1-4-8-17/h1-10H,11-16H2,(H,25,26). The molecule has 1 fully saturated rings. The van der Waals surface area contributed by atoms with Crippen LogP contribution in [0.25, 0.3) is 0 Å². The fourth-order valence-corrected chi connectivity index (χ4v) is 3.16. The minimum absolute atomic E-state index is 0.0391. The van der Waals surface area contributed by atoms with Crippen molar-refractivity contribution >= 4 is 23.3 Å². The molecule has 1 aliphatic rings. The van der Waals surface area contributed by atoms with E-state index in [0.29, 0.717) is 13.1 Å². The SMILES string of the molecule is O=C(O)CN(CC(=O)N1CCN(c2ccccc2)CC1)c1ccccc1. The molecule has 0 saturated carbocycles. The van der Waals surface area contributed by atoms with Crippen LogP contribution in [0.3, 0.4) is 0 Å². The van der Waals surface area contributed by atoms with E-state index in [4.69, 9.17) is 5.11 Å². The zero-order valence-corrected chi connectivity index (χ0v) is 14.6. The zero-order valence-electron chi connectivity index (χ0n) is 14.6. The van der Waals surface area contributed by atoms with Crippen LogP contribution in [0.15, 0.2) is 60.7 Å². The van der Waals surface area contributed by atoms with Crippen molar-refractivity contribution < 1.29 is 14.7 Å². The Morgan fingerprint density at radius 2 is 1.42 bits per heavy atom. The number of benzene rings is 2. The second kappa shape index (κ2) is 8.38. The molecule has 1 heterocycles. The lowest BCUT2D eigenvalue weighted by Gasteiger charge is -2.37. The molecule has 1 N–H and O–H groups in total. The largest absolute Gasteiger partial charge is 0.480 e. The number of piperazine rings is 1. The Morgan fingerprint density at radius 1 is 0.846 bits per heavy atom. The number of para-hydroxylation sites is 2. The molecule has 26 heavy (non-hydrogen) atoms. The normalized spacial score (nSPS) is 14.2. The van der Waals surface area contributed by atoms with Gasteiger partial charge in [0.25, 0.3) is 0 Å². The Labute approximate surface area is 153 Å². The molecular weight excluding hydrogens is 330 g/mol. The second-order valence-corrected chi connectivity index (χ2v) is 6.29. The Bertz CT molecular complexity index is 728. The van der Waals surface area contributed by atoms with Crippen LogP contribution in [0.5, 0.6) is 0 Å². The summed E-state index contributed by atoms with van der Waals surface area (Å²) in [6.07, 6.45) is 0. The third-order valence-corrected chi connectivity index (χ3v) is 4.53. The van der Waals surface area contributed by atoms with Crippen LogP contribution < -0.4 is 9.80 Å². The van der Waals surface area contributed by atoms with Crippen LogP contribution in [0, 0.1) is 0 Å². The van der Waals surface area contributed by atoms with Crippen molar-refractivity contribution in [1.29, 1.82) is 0 Å². The molecule has 0 radical (unpaired) electrons. The lowest BCUT2D eigenvalue weighted by molar-refractivity contribution is -0.135. The number of carbonyl (C=O) groups excluding carboxylic acids is 1. The van der Waals surface area contributed by atoms with Gasteiger partial charge < -0.3 is 19.8 Å². The number of carboxylic acids is 1. The van der Waals surface area contributed by atoms with Gasteiger partial charge in [-0.25, -0.2) is 0 Å². The molecule has 6 nitrogen and oxygen atoms in total. The summed E-state index contributed by atoms with van der Waals surface area (Å²) in [6.45, 7) is 2.72. The number of amides is 1. The predicted molar refractivity (Wildman–Crippen MR) is 102 cm³/mol. The summed E-state index contributed by atoms with van der Waals surface area (Å²) in [4.78, 5) is 29.5. The van der Waals surface area contributed by atoms with Crippen molar-refractivity contribution in [3.8, 4) is 0 Å². The van der Waals surface area contributed by atoms with Gasteiger partial charge in [0.1, 0.15) is 6.54 Å². The highest BCUT2D eigenvalue weighted by Gasteiger charge is 2.23. The van der Waals surface area contributed by atoms with E-state index in [2.05, 4.69) is 17.0 Å². The lowest BCUT2D eigenvalue weighted by atomic mass is 10.2. The molecule has 1 amide bonds. The molecule has 3 rings (SSSR count). The molecule has 0 atom stereocenters. The van der Waals surface area contributed by atoms with Gasteiger partial charge in [0.2, 0.25) is 5.91 Å². The van der Waals surface area contributed by atoms with Gasteiger partial charge in [0.05, 0.1) is 6.54 Å². The second-order valence-electron chi connectivity index (χ2n) is 6.29. The van der Waals surface area contributed by atoms with Crippen molar-refractivity contribution in [3.63, 3.8) is 0 Å². The molecule has 2 aromatic rings. The van der Waals surface area contributed by atoms with Gasteiger partial charge in [-0.15, -0.1) is 0 Å². The van der Waals surface area contributed by atoms with E-state index in [1.807, 2.05) is 53.4 Å². The third kappa shape index (κ3) is 4.53. The van der Waals surface area contributed by atoms with Gasteiger partial charge >= 0.3 is 5.97 Å². The fraction of sp³-hybridized carbons (Fsp3) is 0.300. The monoisotopic (exact) mass is 353 g/mol. The minimum atomic E-state index is -0.949. The quantitative estimate of drug-likeness (QED) is 0.860. The lowest BCUT2D eigenvalue weighted by Crippen LogP contribution is -2.51. The van der Waals surface area contributed by atoms with Gasteiger partial charge in [0.15, 0.2) is 0 Å². The first-order valence-corrected chi connectivity index (χ1v) is 8.73. The smallest absolute Gasteiger partial charge is 0.323 e. The molecule has 0 aliphatic carbocycles. The van der Waals surface area contributed by atoms with E-state index < -0.39 is 5.97 Å². The molecule has 0 spiro atoms. The van der Waals surface area contributed by atoms with E-state index in [0.717, 1.165) is 24.5 Å². The number of carbonyl (C=O) groups is 2. The topological polar surface area (TPSA) is 64.1 Å². The summed E-state index contributed by atoms with van der Waals surface area (Å²) in [6, 6.07) is 19.3. The first kappa shape index (κ1) is 17.8. The maximum Gasteiger partial charge on any atom is 0.323 e. The number of carboxylic acid groups (broad SMARTS) is 1. The number of nitrogens with zero attached hydrogens (tertiary/aromatic N) is 3. The first-order valence-electron chi connectivity index (χ1n) is 8.73.